The fourth-order valence-corrected chi connectivity index (χ4v) is 8.66. The molecule has 1 heteroatoms. The van der Waals surface area contributed by atoms with Crippen LogP contribution < -0.4 is 0 Å². The van der Waals surface area contributed by atoms with Crippen molar-refractivity contribution in [2.45, 2.75) is 111 Å². The molecular formula is C27H48O. The summed E-state index contributed by atoms with van der Waals surface area (Å²) in [7, 11) is 0. The highest BCUT2D eigenvalue weighted by atomic mass is 16.3. The van der Waals surface area contributed by atoms with Gasteiger partial charge in [0.25, 0.3) is 0 Å². The van der Waals surface area contributed by atoms with Gasteiger partial charge in [-0.15, -0.1) is 6.58 Å². The van der Waals surface area contributed by atoms with Crippen molar-refractivity contribution in [3.8, 4) is 0 Å². The minimum absolute atomic E-state index is 0.137. The Balaban J connectivity index is 0.000000706. The Labute approximate surface area is 175 Å². The van der Waals surface area contributed by atoms with Crippen molar-refractivity contribution >= 4 is 0 Å². The SMILES string of the molecule is C=CC.CC(O)CC[C@@]1(C)C(C)CC[C@@]2(C)C3CCC4CCCC4C3CCC12. The van der Waals surface area contributed by atoms with E-state index in [0.717, 1.165) is 41.9 Å². The minimum atomic E-state index is -0.137. The quantitative estimate of drug-likeness (QED) is 0.493. The first kappa shape index (κ1) is 22.4. The smallest absolute Gasteiger partial charge is 0.0512 e. The first-order chi connectivity index (χ1) is 13.3. The van der Waals surface area contributed by atoms with E-state index >= 15 is 0 Å². The number of aliphatic hydroxyl groups excluding tert-OH is 1. The third-order valence-corrected chi connectivity index (χ3v) is 10.2. The fraction of sp³-hybridized carbons (Fsp3) is 0.926. The van der Waals surface area contributed by atoms with Crippen LogP contribution in [0.2, 0.25) is 0 Å². The Morgan fingerprint density at radius 1 is 1.04 bits per heavy atom. The summed E-state index contributed by atoms with van der Waals surface area (Å²) in [5.41, 5.74) is 1.03. The van der Waals surface area contributed by atoms with Crippen LogP contribution in [-0.2, 0) is 0 Å². The van der Waals surface area contributed by atoms with E-state index in [4.69, 9.17) is 0 Å². The third kappa shape index (κ3) is 3.86. The van der Waals surface area contributed by atoms with Crippen molar-refractivity contribution in [1.82, 2.24) is 0 Å². The molecular weight excluding hydrogens is 340 g/mol. The monoisotopic (exact) mass is 388 g/mol. The van der Waals surface area contributed by atoms with E-state index < -0.39 is 0 Å². The average Bonchev–Trinajstić information content (AvgIpc) is 3.13. The fourth-order valence-electron chi connectivity index (χ4n) is 8.66. The molecule has 0 amide bonds. The van der Waals surface area contributed by atoms with E-state index in [9.17, 15) is 5.11 Å². The summed E-state index contributed by atoms with van der Waals surface area (Å²) in [5.74, 6) is 5.94. The lowest BCUT2D eigenvalue weighted by atomic mass is 9.40. The lowest BCUT2D eigenvalue weighted by Gasteiger charge is -2.64. The maximum absolute atomic E-state index is 9.93. The largest absolute Gasteiger partial charge is 0.393 e. The van der Waals surface area contributed by atoms with Crippen molar-refractivity contribution in [3.63, 3.8) is 0 Å². The predicted octanol–water partition coefficient (Wildman–Crippen LogP) is 7.63. The summed E-state index contributed by atoms with van der Waals surface area (Å²) in [6, 6.07) is 0. The number of fused-ring (bicyclic) bond motifs is 5. The summed E-state index contributed by atoms with van der Waals surface area (Å²) in [5, 5.41) is 9.93. The van der Waals surface area contributed by atoms with Gasteiger partial charge in [-0.3, -0.25) is 0 Å². The highest BCUT2D eigenvalue weighted by Gasteiger charge is 2.60. The van der Waals surface area contributed by atoms with Crippen molar-refractivity contribution in [2.75, 3.05) is 0 Å². The molecule has 162 valence electrons. The molecule has 0 saturated heterocycles. The van der Waals surface area contributed by atoms with Crippen LogP contribution in [-0.4, -0.2) is 11.2 Å². The molecule has 4 fully saturated rings. The molecule has 9 atom stereocenters. The van der Waals surface area contributed by atoms with Gasteiger partial charge in [-0.05, 0) is 118 Å². The number of hydrogen-bond donors (Lipinski definition) is 1. The Morgan fingerprint density at radius 3 is 2.43 bits per heavy atom. The van der Waals surface area contributed by atoms with Crippen LogP contribution in [0.5, 0.6) is 0 Å². The van der Waals surface area contributed by atoms with Crippen molar-refractivity contribution < 1.29 is 5.11 Å². The summed E-state index contributed by atoms with van der Waals surface area (Å²) in [6.45, 7) is 15.1. The van der Waals surface area contributed by atoms with E-state index in [1.165, 1.54) is 57.8 Å². The molecule has 0 aliphatic heterocycles. The topological polar surface area (TPSA) is 20.2 Å². The zero-order valence-corrected chi connectivity index (χ0v) is 19.6. The maximum Gasteiger partial charge on any atom is 0.0512 e. The van der Waals surface area contributed by atoms with Crippen molar-refractivity contribution in [3.05, 3.63) is 12.7 Å². The molecule has 1 N–H and O–H groups in total. The first-order valence-electron chi connectivity index (χ1n) is 12.5. The highest BCUT2D eigenvalue weighted by molar-refractivity contribution is 5.09. The van der Waals surface area contributed by atoms with Crippen LogP contribution in [0.1, 0.15) is 105 Å². The Morgan fingerprint density at radius 2 is 1.75 bits per heavy atom. The molecule has 4 aliphatic carbocycles. The van der Waals surface area contributed by atoms with Crippen molar-refractivity contribution in [1.29, 1.82) is 0 Å². The molecule has 0 aromatic rings. The van der Waals surface area contributed by atoms with Gasteiger partial charge in [-0.1, -0.05) is 39.7 Å². The van der Waals surface area contributed by atoms with Crippen LogP contribution in [0.4, 0.5) is 0 Å². The van der Waals surface area contributed by atoms with E-state index in [1.807, 2.05) is 13.8 Å². The van der Waals surface area contributed by atoms with Crippen LogP contribution in [0, 0.1) is 46.3 Å². The maximum atomic E-state index is 9.93. The molecule has 4 rings (SSSR count). The Hall–Kier alpha value is -0.300. The molecule has 4 saturated carbocycles. The second-order valence-corrected chi connectivity index (χ2v) is 11.6. The van der Waals surface area contributed by atoms with E-state index in [2.05, 4.69) is 27.4 Å². The Bertz CT molecular complexity index is 524. The van der Waals surface area contributed by atoms with Crippen LogP contribution >= 0.6 is 0 Å². The third-order valence-electron chi connectivity index (χ3n) is 10.2. The lowest BCUT2D eigenvalue weighted by Crippen LogP contribution is -2.57. The molecule has 4 aliphatic rings. The van der Waals surface area contributed by atoms with E-state index in [1.54, 1.807) is 12.5 Å². The number of allylic oxidation sites excluding steroid dienone is 1. The molecule has 0 radical (unpaired) electrons. The zero-order valence-electron chi connectivity index (χ0n) is 19.6. The van der Waals surface area contributed by atoms with Gasteiger partial charge in [-0.25, -0.2) is 0 Å². The molecule has 28 heavy (non-hydrogen) atoms. The van der Waals surface area contributed by atoms with Crippen LogP contribution in [0.15, 0.2) is 12.7 Å². The molecule has 0 heterocycles. The van der Waals surface area contributed by atoms with Gasteiger partial charge in [0.15, 0.2) is 0 Å². The molecule has 0 aromatic carbocycles. The van der Waals surface area contributed by atoms with Gasteiger partial charge in [0.05, 0.1) is 6.10 Å². The molecule has 0 spiro atoms. The predicted molar refractivity (Wildman–Crippen MR) is 121 cm³/mol. The molecule has 7 unspecified atom stereocenters. The van der Waals surface area contributed by atoms with Crippen LogP contribution in [0.3, 0.4) is 0 Å². The standard InChI is InChI=1S/C24H42O.C3H6/c1-16-12-14-24(4)21-10-8-18-6-5-7-19(18)20(21)9-11-22(24)23(16,3)15-13-17(2)25;1-3-2/h16-22,25H,5-15H2,1-4H3;3H,1H2,2H3/t16?,17?,18?,19?,20?,21?,22?,23-,24-;/m0./s1. The van der Waals surface area contributed by atoms with E-state index in [-0.39, 0.29) is 6.10 Å². The number of aliphatic hydroxyl groups is 1. The highest BCUT2D eigenvalue weighted by Crippen LogP contribution is 2.68. The summed E-state index contributed by atoms with van der Waals surface area (Å²) in [6.07, 6.45) is 17.4. The van der Waals surface area contributed by atoms with E-state index in [0.29, 0.717) is 10.8 Å². The van der Waals surface area contributed by atoms with Gasteiger partial charge in [-0.2, -0.15) is 0 Å². The minimum Gasteiger partial charge on any atom is -0.393 e. The summed E-state index contributed by atoms with van der Waals surface area (Å²) in [4.78, 5) is 0. The number of rotatable bonds is 3. The summed E-state index contributed by atoms with van der Waals surface area (Å²) >= 11 is 0. The second-order valence-electron chi connectivity index (χ2n) is 11.6. The lowest BCUT2D eigenvalue weighted by molar-refractivity contribution is -0.155. The van der Waals surface area contributed by atoms with Crippen molar-refractivity contribution in [2.24, 2.45) is 46.3 Å². The van der Waals surface area contributed by atoms with Crippen LogP contribution in [0.25, 0.3) is 0 Å². The number of hydrogen-bond acceptors (Lipinski definition) is 1. The molecule has 1 nitrogen and oxygen atoms in total. The summed E-state index contributed by atoms with van der Waals surface area (Å²) < 4.78 is 0. The van der Waals surface area contributed by atoms with Gasteiger partial charge in [0.2, 0.25) is 0 Å². The van der Waals surface area contributed by atoms with Gasteiger partial charge in [0.1, 0.15) is 0 Å². The van der Waals surface area contributed by atoms with Gasteiger partial charge >= 0.3 is 0 Å². The first-order valence-corrected chi connectivity index (χ1v) is 12.5. The normalized spacial score (nSPS) is 48.4. The zero-order chi connectivity index (χ0) is 20.5. The van der Waals surface area contributed by atoms with Gasteiger partial charge in [0, 0.05) is 0 Å². The molecule has 0 aromatic heterocycles. The second kappa shape index (κ2) is 8.83. The molecule has 0 bridgehead atoms. The Kier molecular flexibility index (Phi) is 7.06. The average molecular weight is 389 g/mol. The van der Waals surface area contributed by atoms with Gasteiger partial charge < -0.3 is 5.11 Å².